The molecule has 0 fully saturated rings. The van der Waals surface area contributed by atoms with E-state index < -0.39 is 41.6 Å². The molecule has 104 valence electrons. The average molecular weight is 307 g/mol. The van der Waals surface area contributed by atoms with Gasteiger partial charge in [0, 0.05) is 0 Å². The zero-order valence-corrected chi connectivity index (χ0v) is 10.9. The van der Waals surface area contributed by atoms with E-state index in [4.69, 9.17) is 9.11 Å². The molecule has 0 aliphatic carbocycles. The lowest BCUT2D eigenvalue weighted by Crippen LogP contribution is -2.13. The first kappa shape index (κ1) is 15.3. The molecule has 0 aromatic heterocycles. The Morgan fingerprint density at radius 2 is 1.74 bits per heavy atom. The maximum Gasteiger partial charge on any atom is 0.296 e. The van der Waals surface area contributed by atoms with Crippen LogP contribution in [0.2, 0.25) is 0 Å². The van der Waals surface area contributed by atoms with Crippen LogP contribution in [0.3, 0.4) is 0 Å². The second-order valence-corrected chi connectivity index (χ2v) is 6.11. The molecule has 0 atom stereocenters. The first-order valence-electron chi connectivity index (χ1n) is 4.58. The van der Waals surface area contributed by atoms with Crippen LogP contribution < -0.4 is 5.32 Å². The van der Waals surface area contributed by atoms with Crippen molar-refractivity contribution in [1.29, 1.82) is 0 Å². The molecule has 0 saturated heterocycles. The molecule has 3 N–H and O–H groups in total. The van der Waals surface area contributed by atoms with Crippen LogP contribution in [0.1, 0.15) is 0 Å². The fraction of sp³-hybridized carbons (Fsp3) is 0. The van der Waals surface area contributed by atoms with Gasteiger partial charge in [-0.2, -0.15) is 16.8 Å². The predicted molar refractivity (Wildman–Crippen MR) is 64.9 cm³/mol. The first-order valence-corrected chi connectivity index (χ1v) is 7.46. The van der Waals surface area contributed by atoms with Gasteiger partial charge in [0.2, 0.25) is 5.91 Å². The van der Waals surface area contributed by atoms with E-state index >= 15 is 0 Å². The molecule has 0 heterocycles. The van der Waals surface area contributed by atoms with E-state index in [0.717, 1.165) is 18.2 Å². The third kappa shape index (κ3) is 3.86. The van der Waals surface area contributed by atoms with E-state index in [-0.39, 0.29) is 0 Å². The van der Waals surface area contributed by atoms with Crippen LogP contribution in [0.25, 0.3) is 0 Å². The van der Waals surface area contributed by atoms with Gasteiger partial charge >= 0.3 is 0 Å². The topological polar surface area (TPSA) is 138 Å². The van der Waals surface area contributed by atoms with Gasteiger partial charge < -0.3 is 5.32 Å². The van der Waals surface area contributed by atoms with Gasteiger partial charge in [-0.1, -0.05) is 6.58 Å². The molecule has 0 radical (unpaired) electrons. The summed E-state index contributed by atoms with van der Waals surface area (Å²) in [6.07, 6.45) is 0.813. The molecule has 0 aliphatic heterocycles. The second-order valence-electron chi connectivity index (χ2n) is 3.30. The Morgan fingerprint density at radius 1 is 1.16 bits per heavy atom. The maximum absolute atomic E-state index is 11.1. The normalized spacial score (nSPS) is 11.9. The summed E-state index contributed by atoms with van der Waals surface area (Å²) in [6, 6.07) is 2.19. The minimum Gasteiger partial charge on any atom is -0.321 e. The molecule has 1 rings (SSSR count). The number of benzene rings is 1. The van der Waals surface area contributed by atoms with Crippen LogP contribution in [0.4, 0.5) is 5.69 Å². The van der Waals surface area contributed by atoms with Gasteiger partial charge in [-0.25, -0.2) is 0 Å². The Balaban J connectivity index is 3.52. The van der Waals surface area contributed by atoms with Crippen molar-refractivity contribution >= 4 is 31.8 Å². The van der Waals surface area contributed by atoms with E-state index in [9.17, 15) is 21.6 Å². The first-order chi connectivity index (χ1) is 8.55. The summed E-state index contributed by atoms with van der Waals surface area (Å²) in [5, 5.41) is 2.01. The fourth-order valence-corrected chi connectivity index (χ4v) is 2.31. The molecule has 19 heavy (non-hydrogen) atoms. The van der Waals surface area contributed by atoms with E-state index in [0.29, 0.717) is 6.07 Å². The van der Waals surface area contributed by atoms with Gasteiger partial charge in [0.05, 0.1) is 10.6 Å². The quantitative estimate of drug-likeness (QED) is 0.537. The molecule has 1 aromatic rings. The van der Waals surface area contributed by atoms with Crippen molar-refractivity contribution in [2.45, 2.75) is 9.79 Å². The van der Waals surface area contributed by atoms with E-state index in [1.165, 1.54) is 0 Å². The van der Waals surface area contributed by atoms with Crippen molar-refractivity contribution in [2.24, 2.45) is 0 Å². The Hall–Kier alpha value is -1.75. The SMILES string of the molecule is C=CC(=O)Nc1cc(S(=O)(=O)O)ccc1S(=O)(=O)O. The minimum atomic E-state index is -4.68. The number of amides is 1. The smallest absolute Gasteiger partial charge is 0.296 e. The third-order valence-corrected chi connectivity index (χ3v) is 3.73. The van der Waals surface area contributed by atoms with Gasteiger partial charge in [0.25, 0.3) is 20.2 Å². The lowest BCUT2D eigenvalue weighted by Gasteiger charge is -2.09. The summed E-state index contributed by atoms with van der Waals surface area (Å²) in [5.74, 6) is -0.822. The standard InChI is InChI=1S/C9H9NO7S2/c1-2-9(11)10-7-5-6(18(12,13)14)3-4-8(7)19(15,16)17/h2-5H,1H2,(H,10,11)(H,12,13,14)(H,15,16,17). The predicted octanol–water partition coefficient (Wildman–Crippen LogP) is 0.304. The molecule has 1 aromatic carbocycles. The van der Waals surface area contributed by atoms with Crippen LogP contribution in [0.5, 0.6) is 0 Å². The van der Waals surface area contributed by atoms with E-state index in [1.807, 2.05) is 5.32 Å². The molecule has 1 amide bonds. The molecule has 0 bridgehead atoms. The van der Waals surface area contributed by atoms with Gasteiger partial charge in [0.15, 0.2) is 0 Å². The number of anilines is 1. The van der Waals surface area contributed by atoms with Crippen molar-refractivity contribution in [2.75, 3.05) is 5.32 Å². The summed E-state index contributed by atoms with van der Waals surface area (Å²) < 4.78 is 61.7. The van der Waals surface area contributed by atoms with Gasteiger partial charge in [-0.15, -0.1) is 0 Å². The zero-order valence-electron chi connectivity index (χ0n) is 9.27. The summed E-state index contributed by atoms with van der Waals surface area (Å²) in [5.41, 5.74) is -0.498. The molecule has 0 aliphatic rings. The Kier molecular flexibility index (Phi) is 4.10. The maximum atomic E-state index is 11.1. The second kappa shape index (κ2) is 5.09. The molecular weight excluding hydrogens is 298 g/mol. The molecule has 0 saturated carbocycles. The molecule has 0 spiro atoms. The number of hydrogen-bond acceptors (Lipinski definition) is 5. The molecule has 0 unspecified atom stereocenters. The van der Waals surface area contributed by atoms with Crippen LogP contribution >= 0.6 is 0 Å². The van der Waals surface area contributed by atoms with Gasteiger partial charge in [-0.05, 0) is 24.3 Å². The number of nitrogens with one attached hydrogen (secondary N) is 1. The average Bonchev–Trinajstić information content (AvgIpc) is 2.26. The van der Waals surface area contributed by atoms with Crippen LogP contribution in [-0.2, 0) is 25.0 Å². The number of carbonyl (C=O) groups is 1. The van der Waals surface area contributed by atoms with E-state index in [2.05, 4.69) is 6.58 Å². The van der Waals surface area contributed by atoms with Crippen LogP contribution in [0.15, 0.2) is 40.6 Å². The zero-order chi connectivity index (χ0) is 14.8. The van der Waals surface area contributed by atoms with Crippen molar-refractivity contribution < 1.29 is 30.7 Å². The lowest BCUT2D eigenvalue weighted by molar-refractivity contribution is -0.111. The monoisotopic (exact) mass is 307 g/mol. The highest BCUT2D eigenvalue weighted by Gasteiger charge is 2.20. The number of hydrogen-bond donors (Lipinski definition) is 3. The largest absolute Gasteiger partial charge is 0.321 e. The minimum absolute atomic E-state index is 0.498. The van der Waals surface area contributed by atoms with Crippen LogP contribution in [-0.4, -0.2) is 31.8 Å². The Bertz CT molecular complexity index is 734. The highest BCUT2D eigenvalue weighted by Crippen LogP contribution is 2.24. The molecule has 10 heteroatoms. The van der Waals surface area contributed by atoms with Crippen molar-refractivity contribution in [3.05, 3.63) is 30.9 Å². The van der Waals surface area contributed by atoms with Crippen LogP contribution in [0, 0.1) is 0 Å². The van der Waals surface area contributed by atoms with Gasteiger partial charge in [-0.3, -0.25) is 13.9 Å². The summed E-state index contributed by atoms with van der Waals surface area (Å²) in [4.78, 5) is 9.75. The van der Waals surface area contributed by atoms with Crippen molar-refractivity contribution in [1.82, 2.24) is 0 Å². The Morgan fingerprint density at radius 3 is 2.16 bits per heavy atom. The third-order valence-electron chi connectivity index (χ3n) is 1.97. The highest BCUT2D eigenvalue weighted by atomic mass is 32.2. The van der Waals surface area contributed by atoms with Gasteiger partial charge in [0.1, 0.15) is 4.90 Å². The highest BCUT2D eigenvalue weighted by molar-refractivity contribution is 7.86. The van der Waals surface area contributed by atoms with E-state index in [1.54, 1.807) is 0 Å². The van der Waals surface area contributed by atoms with Crippen molar-refractivity contribution in [3.8, 4) is 0 Å². The summed E-state index contributed by atoms with van der Waals surface area (Å²) in [7, 11) is -9.26. The fourth-order valence-electron chi connectivity index (χ4n) is 1.18. The lowest BCUT2D eigenvalue weighted by atomic mass is 10.3. The molecular formula is C9H9NO7S2. The Labute approximate surface area is 109 Å². The summed E-state index contributed by atoms with van der Waals surface area (Å²) in [6.45, 7) is 3.13. The summed E-state index contributed by atoms with van der Waals surface area (Å²) >= 11 is 0. The molecule has 8 nitrogen and oxygen atoms in total. The number of carbonyl (C=O) groups excluding carboxylic acids is 1. The number of rotatable bonds is 4. The van der Waals surface area contributed by atoms with Crippen molar-refractivity contribution in [3.63, 3.8) is 0 Å².